The largest absolute Gasteiger partial charge is 0.362 e. The summed E-state index contributed by atoms with van der Waals surface area (Å²) < 4.78 is 39.5. The van der Waals surface area contributed by atoms with Crippen LogP contribution in [0.5, 0.6) is 0 Å². The van der Waals surface area contributed by atoms with Gasteiger partial charge in [-0.2, -0.15) is 0 Å². The number of rotatable bonds is 2. The fourth-order valence-corrected chi connectivity index (χ4v) is 3.12. The normalized spacial score (nSPS) is 29.4. The van der Waals surface area contributed by atoms with E-state index in [0.29, 0.717) is 16.7 Å². The standard InChI is InChI=1S/C18H14F2O3/c1-18(21)15(10-6-3-2-4-7-10)14(16-17(22-16)23-18)13-11(19)8-5-9-12(13)20/h2-9,16-17,21H,1H3. The van der Waals surface area contributed by atoms with Crippen LogP contribution in [0.4, 0.5) is 8.78 Å². The fraction of sp³-hybridized carbons (Fsp3) is 0.222. The van der Waals surface area contributed by atoms with E-state index >= 15 is 0 Å². The predicted octanol–water partition coefficient (Wildman–Crippen LogP) is 3.34. The number of aliphatic hydroxyl groups is 1. The Morgan fingerprint density at radius 2 is 1.65 bits per heavy atom. The van der Waals surface area contributed by atoms with Gasteiger partial charge in [-0.25, -0.2) is 8.78 Å². The van der Waals surface area contributed by atoms with Gasteiger partial charge in [0.05, 0.1) is 5.56 Å². The van der Waals surface area contributed by atoms with Gasteiger partial charge < -0.3 is 14.6 Å². The van der Waals surface area contributed by atoms with Gasteiger partial charge in [0.25, 0.3) is 0 Å². The average molecular weight is 316 g/mol. The molecule has 0 aliphatic carbocycles. The Labute approximate surface area is 131 Å². The van der Waals surface area contributed by atoms with Gasteiger partial charge in [0.2, 0.25) is 0 Å². The van der Waals surface area contributed by atoms with Crippen molar-refractivity contribution in [3.63, 3.8) is 0 Å². The van der Waals surface area contributed by atoms with E-state index in [1.165, 1.54) is 25.1 Å². The summed E-state index contributed by atoms with van der Waals surface area (Å²) in [4.78, 5) is 0. The maximum Gasteiger partial charge on any atom is 0.193 e. The van der Waals surface area contributed by atoms with Crippen LogP contribution >= 0.6 is 0 Å². The van der Waals surface area contributed by atoms with Crippen molar-refractivity contribution >= 4 is 11.1 Å². The number of fused-ring (bicyclic) bond motifs is 1. The van der Waals surface area contributed by atoms with Gasteiger partial charge in [0.1, 0.15) is 17.7 Å². The quantitative estimate of drug-likeness (QED) is 0.864. The van der Waals surface area contributed by atoms with E-state index in [0.717, 1.165) is 0 Å². The van der Waals surface area contributed by atoms with Crippen molar-refractivity contribution < 1.29 is 23.4 Å². The summed E-state index contributed by atoms with van der Waals surface area (Å²) in [6.07, 6.45) is -1.27. The van der Waals surface area contributed by atoms with Gasteiger partial charge >= 0.3 is 0 Å². The summed E-state index contributed by atoms with van der Waals surface area (Å²) in [5.74, 6) is -3.09. The van der Waals surface area contributed by atoms with E-state index in [4.69, 9.17) is 9.47 Å². The molecule has 2 aliphatic rings. The highest BCUT2D eigenvalue weighted by atomic mass is 19.1. The van der Waals surface area contributed by atoms with Crippen molar-refractivity contribution in [1.29, 1.82) is 0 Å². The van der Waals surface area contributed by atoms with E-state index in [1.807, 2.05) is 6.07 Å². The molecule has 0 amide bonds. The van der Waals surface area contributed by atoms with Crippen molar-refractivity contribution in [1.82, 2.24) is 0 Å². The predicted molar refractivity (Wildman–Crippen MR) is 80.0 cm³/mol. The van der Waals surface area contributed by atoms with Crippen molar-refractivity contribution in [2.45, 2.75) is 25.1 Å². The zero-order valence-electron chi connectivity index (χ0n) is 12.3. The molecular formula is C18H14F2O3. The Balaban J connectivity index is 2.04. The topological polar surface area (TPSA) is 42.0 Å². The molecule has 2 aromatic rings. The Morgan fingerprint density at radius 1 is 1.00 bits per heavy atom. The lowest BCUT2D eigenvalue weighted by Gasteiger charge is -2.32. The molecule has 5 heteroatoms. The Morgan fingerprint density at radius 3 is 2.30 bits per heavy atom. The first kappa shape index (κ1) is 14.5. The third-order valence-corrected chi connectivity index (χ3v) is 4.11. The van der Waals surface area contributed by atoms with Gasteiger partial charge in [0.15, 0.2) is 12.1 Å². The third kappa shape index (κ3) is 2.28. The minimum Gasteiger partial charge on any atom is -0.362 e. The second kappa shape index (κ2) is 4.96. The molecule has 2 aromatic carbocycles. The van der Waals surface area contributed by atoms with Crippen LogP contribution in [0.3, 0.4) is 0 Å². The van der Waals surface area contributed by atoms with Gasteiger partial charge in [0, 0.05) is 11.1 Å². The Kier molecular flexibility index (Phi) is 3.13. The minimum atomic E-state index is -1.71. The molecule has 0 bridgehead atoms. The summed E-state index contributed by atoms with van der Waals surface area (Å²) in [6.45, 7) is 1.45. The van der Waals surface area contributed by atoms with Gasteiger partial charge in [-0.3, -0.25) is 0 Å². The molecule has 2 heterocycles. The summed E-state index contributed by atoms with van der Waals surface area (Å²) >= 11 is 0. The molecule has 0 saturated carbocycles. The molecule has 118 valence electrons. The zero-order chi connectivity index (χ0) is 16.2. The zero-order valence-corrected chi connectivity index (χ0v) is 12.3. The molecule has 3 atom stereocenters. The molecule has 23 heavy (non-hydrogen) atoms. The number of benzene rings is 2. The van der Waals surface area contributed by atoms with Crippen LogP contribution < -0.4 is 0 Å². The van der Waals surface area contributed by atoms with E-state index in [2.05, 4.69) is 0 Å². The van der Waals surface area contributed by atoms with Gasteiger partial charge in [-0.15, -0.1) is 0 Å². The highest BCUT2D eigenvalue weighted by Crippen LogP contribution is 2.51. The number of ether oxygens (including phenoxy) is 2. The van der Waals surface area contributed by atoms with Crippen molar-refractivity contribution in [3.8, 4) is 0 Å². The van der Waals surface area contributed by atoms with Crippen LogP contribution in [0.15, 0.2) is 48.5 Å². The van der Waals surface area contributed by atoms with Crippen LogP contribution in [0.1, 0.15) is 18.1 Å². The van der Waals surface area contributed by atoms with Crippen molar-refractivity contribution in [2.24, 2.45) is 0 Å². The van der Waals surface area contributed by atoms with Crippen LogP contribution in [0.25, 0.3) is 11.1 Å². The van der Waals surface area contributed by atoms with Crippen LogP contribution in [-0.2, 0) is 9.47 Å². The molecular weight excluding hydrogens is 302 g/mol. The first-order chi connectivity index (χ1) is 11.0. The van der Waals surface area contributed by atoms with Crippen molar-refractivity contribution in [3.05, 3.63) is 71.3 Å². The lowest BCUT2D eigenvalue weighted by atomic mass is 9.85. The minimum absolute atomic E-state index is 0.178. The van der Waals surface area contributed by atoms with E-state index in [-0.39, 0.29) is 5.56 Å². The highest BCUT2D eigenvalue weighted by Gasteiger charge is 2.56. The average Bonchev–Trinajstić information content (AvgIpc) is 3.25. The van der Waals surface area contributed by atoms with E-state index in [1.54, 1.807) is 24.3 Å². The molecule has 1 saturated heterocycles. The van der Waals surface area contributed by atoms with Crippen molar-refractivity contribution in [2.75, 3.05) is 0 Å². The molecule has 1 fully saturated rings. The SMILES string of the molecule is CC1(O)OC2OC2C(c2c(F)cccc2F)=C1c1ccccc1. The van der Waals surface area contributed by atoms with Crippen LogP contribution in [0.2, 0.25) is 0 Å². The monoisotopic (exact) mass is 316 g/mol. The molecule has 0 radical (unpaired) electrons. The summed E-state index contributed by atoms with van der Waals surface area (Å²) in [7, 11) is 0. The second-order valence-corrected chi connectivity index (χ2v) is 5.78. The fourth-order valence-electron chi connectivity index (χ4n) is 3.12. The maximum atomic E-state index is 14.3. The first-order valence-electron chi connectivity index (χ1n) is 7.29. The molecule has 0 spiro atoms. The molecule has 2 aliphatic heterocycles. The maximum absolute atomic E-state index is 14.3. The molecule has 3 unspecified atom stereocenters. The summed E-state index contributed by atoms with van der Waals surface area (Å²) in [5, 5.41) is 10.7. The molecule has 0 aromatic heterocycles. The Bertz CT molecular complexity index is 779. The first-order valence-corrected chi connectivity index (χ1v) is 7.29. The Hall–Kier alpha value is -2.08. The lowest BCUT2D eigenvalue weighted by molar-refractivity contribution is -0.174. The third-order valence-electron chi connectivity index (χ3n) is 4.11. The number of halogens is 2. The number of hydrogen-bond donors (Lipinski definition) is 1. The van der Waals surface area contributed by atoms with Gasteiger partial charge in [-0.05, 0) is 24.6 Å². The molecule has 4 rings (SSSR count). The van der Waals surface area contributed by atoms with Crippen LogP contribution in [-0.4, -0.2) is 23.3 Å². The molecule has 1 N–H and O–H groups in total. The second-order valence-electron chi connectivity index (χ2n) is 5.78. The smallest absolute Gasteiger partial charge is 0.193 e. The summed E-state index contributed by atoms with van der Waals surface area (Å²) in [5.41, 5.74) is 1.07. The lowest BCUT2D eigenvalue weighted by Crippen LogP contribution is -2.36. The molecule has 3 nitrogen and oxygen atoms in total. The number of hydrogen-bond acceptors (Lipinski definition) is 3. The van der Waals surface area contributed by atoms with Crippen LogP contribution in [0, 0.1) is 11.6 Å². The summed E-state index contributed by atoms with van der Waals surface area (Å²) in [6, 6.07) is 12.6. The number of epoxide rings is 1. The van der Waals surface area contributed by atoms with E-state index in [9.17, 15) is 13.9 Å². The highest BCUT2D eigenvalue weighted by molar-refractivity contribution is 5.97. The van der Waals surface area contributed by atoms with E-state index < -0.39 is 29.8 Å². The van der Waals surface area contributed by atoms with Gasteiger partial charge in [-0.1, -0.05) is 36.4 Å².